The van der Waals surface area contributed by atoms with Crippen molar-refractivity contribution in [1.29, 1.82) is 0 Å². The molecule has 58 heavy (non-hydrogen) atoms. The van der Waals surface area contributed by atoms with Gasteiger partial charge in [0.2, 0.25) is 0 Å². The molecule has 9 aromatic rings. The van der Waals surface area contributed by atoms with E-state index in [1.807, 2.05) is 6.07 Å². The fraction of sp³-hybridized carbons (Fsp3) is 0.143. The Morgan fingerprint density at radius 2 is 1.05 bits per heavy atom. The lowest BCUT2D eigenvalue weighted by molar-refractivity contribution is 0.659. The number of aryl methyl sites for hydroxylation is 2. The first-order valence-corrected chi connectivity index (χ1v) is 20.5. The Morgan fingerprint density at radius 3 is 1.91 bits per heavy atom. The van der Waals surface area contributed by atoms with Crippen molar-refractivity contribution in [3.63, 3.8) is 0 Å². The largest absolute Gasteiger partial charge is 0.456 e. The quantitative estimate of drug-likeness (QED) is 0.174. The zero-order valence-corrected chi connectivity index (χ0v) is 33.9. The van der Waals surface area contributed by atoms with E-state index in [9.17, 15) is 0 Å². The number of anilines is 3. The topological polar surface area (TPSA) is 16.4 Å². The molecule has 0 amide bonds. The van der Waals surface area contributed by atoms with Gasteiger partial charge in [-0.15, -0.1) is 0 Å². The summed E-state index contributed by atoms with van der Waals surface area (Å²) >= 11 is 0. The van der Waals surface area contributed by atoms with Crippen molar-refractivity contribution in [2.75, 3.05) is 4.90 Å². The molecular formula is C56H45NO. The van der Waals surface area contributed by atoms with Crippen LogP contribution in [0, 0.1) is 13.8 Å². The minimum absolute atomic E-state index is 0.0397. The van der Waals surface area contributed by atoms with E-state index in [1.54, 1.807) is 0 Å². The summed E-state index contributed by atoms with van der Waals surface area (Å²) in [6.45, 7) is 13.9. The van der Waals surface area contributed by atoms with Crippen LogP contribution in [0.5, 0.6) is 0 Å². The molecule has 0 saturated heterocycles. The first kappa shape index (κ1) is 34.6. The Labute approximate surface area is 341 Å². The third-order valence-electron chi connectivity index (χ3n) is 13.2. The molecule has 1 aromatic heterocycles. The third-order valence-corrected chi connectivity index (χ3v) is 13.2. The van der Waals surface area contributed by atoms with E-state index in [0.29, 0.717) is 0 Å². The highest BCUT2D eigenvalue weighted by atomic mass is 16.3. The Balaban J connectivity index is 1.05. The Morgan fingerprint density at radius 1 is 0.414 bits per heavy atom. The highest BCUT2D eigenvalue weighted by molar-refractivity contribution is 6.12. The van der Waals surface area contributed by atoms with Crippen molar-refractivity contribution in [3.8, 4) is 44.5 Å². The summed E-state index contributed by atoms with van der Waals surface area (Å²) in [7, 11) is 0. The van der Waals surface area contributed by atoms with Gasteiger partial charge in [-0.05, 0) is 141 Å². The Hall–Kier alpha value is -6.64. The van der Waals surface area contributed by atoms with E-state index in [1.165, 1.54) is 72.3 Å². The van der Waals surface area contributed by atoms with Gasteiger partial charge in [0.05, 0.1) is 0 Å². The number of hydrogen-bond donors (Lipinski definition) is 0. The van der Waals surface area contributed by atoms with Gasteiger partial charge >= 0.3 is 0 Å². The third kappa shape index (κ3) is 5.04. The average Bonchev–Trinajstić information content (AvgIpc) is 3.81. The van der Waals surface area contributed by atoms with E-state index >= 15 is 0 Å². The van der Waals surface area contributed by atoms with E-state index in [-0.39, 0.29) is 10.8 Å². The second-order valence-corrected chi connectivity index (χ2v) is 17.5. The lowest BCUT2D eigenvalue weighted by Crippen LogP contribution is -2.16. The second kappa shape index (κ2) is 12.4. The smallest absolute Gasteiger partial charge is 0.136 e. The first-order valence-electron chi connectivity index (χ1n) is 20.5. The van der Waals surface area contributed by atoms with Gasteiger partial charge < -0.3 is 9.32 Å². The standard InChI is InChI=1S/C56H45NO/c1-34-29-35(2)53-46-32-38(23-28-48(46)56(5,6)50(53)30-34)37-13-11-14-40(31-37)57(41-26-27-44-43-15-7-9-18-47(43)55(3,4)49(44)33-41)39-24-21-36(22-25-39)42-17-12-20-52-54(42)45-16-8-10-19-51(45)58-52/h7-33H,1-6H3. The molecule has 2 aliphatic carbocycles. The van der Waals surface area contributed by atoms with E-state index in [0.717, 1.165) is 44.6 Å². The summed E-state index contributed by atoms with van der Waals surface area (Å²) in [6, 6.07) is 60.6. The fourth-order valence-electron chi connectivity index (χ4n) is 10.3. The van der Waals surface area contributed by atoms with Crippen molar-refractivity contribution in [1.82, 2.24) is 0 Å². The Bertz CT molecular complexity index is 3140. The predicted octanol–water partition coefficient (Wildman–Crippen LogP) is 15.6. The van der Waals surface area contributed by atoms with Crippen LogP contribution in [0.1, 0.15) is 61.1 Å². The minimum atomic E-state index is -0.115. The van der Waals surface area contributed by atoms with E-state index in [4.69, 9.17) is 4.42 Å². The van der Waals surface area contributed by atoms with Crippen molar-refractivity contribution in [3.05, 3.63) is 197 Å². The van der Waals surface area contributed by atoms with Gasteiger partial charge in [-0.3, -0.25) is 0 Å². The maximum atomic E-state index is 6.27. The van der Waals surface area contributed by atoms with Gasteiger partial charge in [0.25, 0.3) is 0 Å². The number of para-hydroxylation sites is 1. The molecule has 0 radical (unpaired) electrons. The highest BCUT2D eigenvalue weighted by Gasteiger charge is 2.37. The second-order valence-electron chi connectivity index (χ2n) is 17.5. The van der Waals surface area contributed by atoms with Gasteiger partial charge in [-0.1, -0.05) is 142 Å². The molecule has 2 nitrogen and oxygen atoms in total. The van der Waals surface area contributed by atoms with Crippen LogP contribution in [0.2, 0.25) is 0 Å². The monoisotopic (exact) mass is 747 g/mol. The molecule has 8 aromatic carbocycles. The molecule has 280 valence electrons. The molecule has 1 heterocycles. The van der Waals surface area contributed by atoms with Crippen LogP contribution in [0.25, 0.3) is 66.4 Å². The molecule has 2 aliphatic rings. The molecule has 0 aliphatic heterocycles. The number of fused-ring (bicyclic) bond motifs is 9. The molecule has 11 rings (SSSR count). The summed E-state index contributed by atoms with van der Waals surface area (Å²) in [6.07, 6.45) is 0. The van der Waals surface area contributed by atoms with Crippen LogP contribution in [-0.2, 0) is 10.8 Å². The normalized spacial score (nSPS) is 14.3. The molecule has 0 N–H and O–H groups in total. The summed E-state index contributed by atoms with van der Waals surface area (Å²) in [5, 5.41) is 2.29. The zero-order chi connectivity index (χ0) is 39.5. The van der Waals surface area contributed by atoms with Gasteiger partial charge in [-0.2, -0.15) is 0 Å². The maximum absolute atomic E-state index is 6.27. The summed E-state index contributed by atoms with van der Waals surface area (Å²) in [5.74, 6) is 0. The van der Waals surface area contributed by atoms with Gasteiger partial charge in [0.15, 0.2) is 0 Å². The predicted molar refractivity (Wildman–Crippen MR) is 244 cm³/mol. The Kier molecular flexibility index (Phi) is 7.41. The molecule has 0 fully saturated rings. The van der Waals surface area contributed by atoms with Crippen LogP contribution in [0.15, 0.2) is 168 Å². The molecule has 0 unspecified atom stereocenters. The van der Waals surface area contributed by atoms with E-state index in [2.05, 4.69) is 204 Å². The molecule has 0 atom stereocenters. The SMILES string of the molecule is Cc1cc(C)c2c(c1)C(C)(C)c1ccc(-c3cccc(N(c4ccc(-c5cccc6oc7ccccc7c56)cc4)c4ccc5c(c4)C(C)(C)c4ccccc4-5)c3)cc1-2. The number of benzene rings is 8. The first-order chi connectivity index (χ1) is 28.1. The number of furan rings is 1. The van der Waals surface area contributed by atoms with Gasteiger partial charge in [0, 0.05) is 38.7 Å². The fourth-order valence-corrected chi connectivity index (χ4v) is 10.3. The van der Waals surface area contributed by atoms with Gasteiger partial charge in [0.1, 0.15) is 11.2 Å². The van der Waals surface area contributed by atoms with E-state index < -0.39 is 0 Å². The van der Waals surface area contributed by atoms with Gasteiger partial charge in [-0.25, -0.2) is 0 Å². The van der Waals surface area contributed by atoms with Crippen LogP contribution >= 0.6 is 0 Å². The molecular weight excluding hydrogens is 703 g/mol. The van der Waals surface area contributed by atoms with Crippen molar-refractivity contribution in [2.24, 2.45) is 0 Å². The highest BCUT2D eigenvalue weighted by Crippen LogP contribution is 2.53. The molecule has 0 bridgehead atoms. The lowest BCUT2D eigenvalue weighted by atomic mass is 9.81. The summed E-state index contributed by atoms with van der Waals surface area (Å²) < 4.78 is 6.27. The summed E-state index contributed by atoms with van der Waals surface area (Å²) in [5.41, 5.74) is 23.4. The minimum Gasteiger partial charge on any atom is -0.456 e. The van der Waals surface area contributed by atoms with Crippen molar-refractivity contribution >= 4 is 39.0 Å². The molecule has 0 spiro atoms. The van der Waals surface area contributed by atoms with Crippen LogP contribution in [0.4, 0.5) is 17.1 Å². The number of nitrogens with zero attached hydrogens (tertiary/aromatic N) is 1. The average molecular weight is 748 g/mol. The molecule has 2 heteroatoms. The maximum Gasteiger partial charge on any atom is 0.136 e. The van der Waals surface area contributed by atoms with Crippen LogP contribution in [-0.4, -0.2) is 0 Å². The zero-order valence-electron chi connectivity index (χ0n) is 33.9. The number of rotatable bonds is 5. The number of hydrogen-bond acceptors (Lipinski definition) is 2. The van der Waals surface area contributed by atoms with Crippen LogP contribution < -0.4 is 4.90 Å². The van der Waals surface area contributed by atoms with Crippen LogP contribution in [0.3, 0.4) is 0 Å². The summed E-state index contributed by atoms with van der Waals surface area (Å²) in [4.78, 5) is 2.43. The lowest BCUT2D eigenvalue weighted by Gasteiger charge is -2.28. The molecule has 0 saturated carbocycles. The van der Waals surface area contributed by atoms with Crippen molar-refractivity contribution < 1.29 is 4.42 Å². The van der Waals surface area contributed by atoms with Crippen molar-refractivity contribution in [2.45, 2.75) is 52.4 Å².